The summed E-state index contributed by atoms with van der Waals surface area (Å²) in [6.07, 6.45) is 0.153. The van der Waals surface area contributed by atoms with E-state index in [0.717, 1.165) is 5.56 Å². The van der Waals surface area contributed by atoms with Crippen LogP contribution in [0.5, 0.6) is 5.75 Å². The minimum absolute atomic E-state index is 0.153. The molecule has 0 saturated heterocycles. The van der Waals surface area contributed by atoms with Crippen molar-refractivity contribution in [2.75, 3.05) is 14.2 Å². The Kier molecular flexibility index (Phi) is 5.20. The Balaban J connectivity index is 3.29. The molecule has 1 atom stereocenters. The van der Waals surface area contributed by atoms with Crippen LogP contribution in [0.25, 0.3) is 0 Å². The highest BCUT2D eigenvalue weighted by Crippen LogP contribution is 2.40. The average Bonchev–Trinajstić information content (AvgIpc) is 2.34. The summed E-state index contributed by atoms with van der Waals surface area (Å²) in [5.74, 6) is 0.00836. The van der Waals surface area contributed by atoms with Crippen LogP contribution in [0.15, 0.2) is 18.2 Å². The summed E-state index contributed by atoms with van der Waals surface area (Å²) in [7, 11) is 2.92. The number of nitrogens with two attached hydrogens (primary N) is 1. The maximum absolute atomic E-state index is 11.6. The average molecular weight is 286 g/mol. The lowest BCUT2D eigenvalue weighted by atomic mass is 9.80. The number of rotatable bonds is 5. The first kappa shape index (κ1) is 15.8. The van der Waals surface area contributed by atoms with Crippen molar-refractivity contribution in [3.8, 4) is 5.75 Å². The van der Waals surface area contributed by atoms with E-state index in [-0.39, 0.29) is 18.3 Å². The number of methoxy groups -OCH3 is 2. The summed E-state index contributed by atoms with van der Waals surface area (Å²) in [4.78, 5) is 11.6. The van der Waals surface area contributed by atoms with E-state index in [1.165, 1.54) is 7.11 Å². The number of esters is 1. The fourth-order valence-corrected chi connectivity index (χ4v) is 2.32. The van der Waals surface area contributed by atoms with Crippen molar-refractivity contribution in [2.24, 2.45) is 5.73 Å². The van der Waals surface area contributed by atoms with E-state index in [2.05, 4.69) is 0 Å². The molecule has 0 aliphatic rings. The quantitative estimate of drug-likeness (QED) is 0.845. The molecule has 0 bridgehead atoms. The van der Waals surface area contributed by atoms with Gasteiger partial charge in [0.2, 0.25) is 0 Å². The summed E-state index contributed by atoms with van der Waals surface area (Å²) in [6, 6.07) is 5.36. The zero-order chi connectivity index (χ0) is 14.6. The number of ether oxygens (including phenoxy) is 2. The Morgan fingerprint density at radius 3 is 2.53 bits per heavy atom. The van der Waals surface area contributed by atoms with Crippen LogP contribution in [0.4, 0.5) is 0 Å². The SMILES string of the molecule is COC(=O)CC(c1c(Cl)cccc1OC)C(C)(C)N. The van der Waals surface area contributed by atoms with Gasteiger partial charge in [-0.05, 0) is 26.0 Å². The van der Waals surface area contributed by atoms with E-state index in [1.54, 1.807) is 25.3 Å². The third-order valence-electron chi connectivity index (χ3n) is 3.08. The van der Waals surface area contributed by atoms with Crippen molar-refractivity contribution >= 4 is 17.6 Å². The van der Waals surface area contributed by atoms with E-state index < -0.39 is 5.54 Å². The normalized spacial score (nSPS) is 12.9. The molecule has 1 unspecified atom stereocenters. The van der Waals surface area contributed by atoms with Crippen LogP contribution in [0.3, 0.4) is 0 Å². The second-order valence-corrected chi connectivity index (χ2v) is 5.42. The molecular formula is C14H20ClNO3. The molecule has 2 N–H and O–H groups in total. The molecule has 0 aliphatic heterocycles. The lowest BCUT2D eigenvalue weighted by Gasteiger charge is -2.31. The summed E-state index contributed by atoms with van der Waals surface area (Å²) < 4.78 is 10.1. The van der Waals surface area contributed by atoms with Gasteiger partial charge in [0.05, 0.1) is 20.6 Å². The van der Waals surface area contributed by atoms with Crippen molar-refractivity contribution in [3.63, 3.8) is 0 Å². The Hall–Kier alpha value is -1.26. The fourth-order valence-electron chi connectivity index (χ4n) is 2.02. The van der Waals surface area contributed by atoms with Gasteiger partial charge in [-0.25, -0.2) is 0 Å². The van der Waals surface area contributed by atoms with Gasteiger partial charge >= 0.3 is 5.97 Å². The molecule has 0 fully saturated rings. The molecule has 106 valence electrons. The van der Waals surface area contributed by atoms with E-state index in [9.17, 15) is 4.79 Å². The van der Waals surface area contributed by atoms with Gasteiger partial charge < -0.3 is 15.2 Å². The van der Waals surface area contributed by atoms with Crippen molar-refractivity contribution in [1.82, 2.24) is 0 Å². The molecule has 4 nitrogen and oxygen atoms in total. The van der Waals surface area contributed by atoms with Gasteiger partial charge in [-0.3, -0.25) is 4.79 Å². The van der Waals surface area contributed by atoms with Crippen molar-refractivity contribution in [3.05, 3.63) is 28.8 Å². The zero-order valence-corrected chi connectivity index (χ0v) is 12.5. The molecule has 1 aromatic rings. The molecule has 0 aromatic heterocycles. The molecule has 0 aliphatic carbocycles. The summed E-state index contributed by atoms with van der Waals surface area (Å²) in [5.41, 5.74) is 6.29. The number of hydrogen-bond acceptors (Lipinski definition) is 4. The number of halogens is 1. The number of hydrogen-bond donors (Lipinski definition) is 1. The highest BCUT2D eigenvalue weighted by atomic mass is 35.5. The highest BCUT2D eigenvalue weighted by molar-refractivity contribution is 6.31. The van der Waals surface area contributed by atoms with Crippen molar-refractivity contribution < 1.29 is 14.3 Å². The first-order valence-electron chi connectivity index (χ1n) is 5.99. The van der Waals surface area contributed by atoms with Crippen LogP contribution in [0.1, 0.15) is 31.7 Å². The molecule has 0 radical (unpaired) electrons. The largest absolute Gasteiger partial charge is 0.496 e. The molecule has 0 amide bonds. The zero-order valence-electron chi connectivity index (χ0n) is 11.7. The second kappa shape index (κ2) is 6.26. The van der Waals surface area contributed by atoms with Crippen molar-refractivity contribution in [1.29, 1.82) is 0 Å². The van der Waals surface area contributed by atoms with Crippen LogP contribution < -0.4 is 10.5 Å². The van der Waals surface area contributed by atoms with Crippen LogP contribution in [0, 0.1) is 0 Å². The van der Waals surface area contributed by atoms with Crippen LogP contribution >= 0.6 is 11.6 Å². The third-order valence-corrected chi connectivity index (χ3v) is 3.41. The topological polar surface area (TPSA) is 61.5 Å². The summed E-state index contributed by atoms with van der Waals surface area (Å²) in [6.45, 7) is 3.70. The van der Waals surface area contributed by atoms with Gasteiger partial charge in [-0.2, -0.15) is 0 Å². The van der Waals surface area contributed by atoms with E-state index in [0.29, 0.717) is 10.8 Å². The maximum atomic E-state index is 11.6. The van der Waals surface area contributed by atoms with E-state index in [1.807, 2.05) is 13.8 Å². The first-order chi connectivity index (χ1) is 8.81. The van der Waals surface area contributed by atoms with Gasteiger partial charge in [0.15, 0.2) is 0 Å². The molecule has 19 heavy (non-hydrogen) atoms. The Bertz CT molecular complexity index is 454. The highest BCUT2D eigenvalue weighted by Gasteiger charge is 2.33. The predicted octanol–water partition coefficient (Wildman–Crippen LogP) is 2.73. The predicted molar refractivity (Wildman–Crippen MR) is 75.6 cm³/mol. The standard InChI is InChI=1S/C14H20ClNO3/c1-14(2,16)9(8-12(17)19-4)13-10(15)6-5-7-11(13)18-3/h5-7,9H,8,16H2,1-4H3. The first-order valence-corrected chi connectivity index (χ1v) is 6.37. The minimum Gasteiger partial charge on any atom is -0.496 e. The Labute approximate surface area is 118 Å². The lowest BCUT2D eigenvalue weighted by Crippen LogP contribution is -2.40. The van der Waals surface area contributed by atoms with Crippen LogP contribution in [-0.4, -0.2) is 25.7 Å². The van der Waals surface area contributed by atoms with Gasteiger partial charge in [-0.1, -0.05) is 17.7 Å². The van der Waals surface area contributed by atoms with Gasteiger partial charge in [0.25, 0.3) is 0 Å². The number of carbonyl (C=O) groups is 1. The fraction of sp³-hybridized carbons (Fsp3) is 0.500. The van der Waals surface area contributed by atoms with Crippen LogP contribution in [-0.2, 0) is 9.53 Å². The molecule has 0 spiro atoms. The monoisotopic (exact) mass is 285 g/mol. The third kappa shape index (κ3) is 3.85. The molecule has 1 aromatic carbocycles. The molecule has 0 heterocycles. The van der Waals surface area contributed by atoms with Crippen LogP contribution in [0.2, 0.25) is 5.02 Å². The number of carbonyl (C=O) groups excluding carboxylic acids is 1. The number of benzene rings is 1. The molecule has 1 rings (SSSR count). The second-order valence-electron chi connectivity index (χ2n) is 5.01. The van der Waals surface area contributed by atoms with Crippen molar-refractivity contribution in [2.45, 2.75) is 31.7 Å². The van der Waals surface area contributed by atoms with E-state index in [4.69, 9.17) is 26.8 Å². The van der Waals surface area contributed by atoms with E-state index >= 15 is 0 Å². The van der Waals surface area contributed by atoms with Gasteiger partial charge in [-0.15, -0.1) is 0 Å². The lowest BCUT2D eigenvalue weighted by molar-refractivity contribution is -0.141. The smallest absolute Gasteiger partial charge is 0.306 e. The van der Waals surface area contributed by atoms with Gasteiger partial charge in [0.1, 0.15) is 5.75 Å². The molecule has 5 heteroatoms. The minimum atomic E-state index is -0.632. The van der Waals surface area contributed by atoms with Gasteiger partial charge in [0, 0.05) is 22.0 Å². The Morgan fingerprint density at radius 1 is 1.42 bits per heavy atom. The molecular weight excluding hydrogens is 266 g/mol. The summed E-state index contributed by atoms with van der Waals surface area (Å²) >= 11 is 6.25. The Morgan fingerprint density at radius 2 is 2.05 bits per heavy atom. The molecule has 0 saturated carbocycles. The maximum Gasteiger partial charge on any atom is 0.306 e. The summed E-state index contributed by atoms with van der Waals surface area (Å²) in [5, 5.41) is 0.534.